The number of carbonyl (C=O) groups is 5. The van der Waals surface area contributed by atoms with Gasteiger partial charge in [0, 0.05) is 31.1 Å². The van der Waals surface area contributed by atoms with E-state index < -0.39 is 112 Å². The van der Waals surface area contributed by atoms with Crippen LogP contribution in [-0.2, 0) is 38.1 Å². The van der Waals surface area contributed by atoms with E-state index in [-0.39, 0.29) is 18.6 Å². The second kappa shape index (κ2) is 14.9. The zero-order valence-corrected chi connectivity index (χ0v) is 33.5. The van der Waals surface area contributed by atoms with Crippen molar-refractivity contribution < 1.29 is 63.0 Å². The number of Topliss-reactive ketones (excluding diaryl/α,β-unsaturated/α-hetero) is 1. The molecule has 1 amide bonds. The molecule has 1 heterocycles. The van der Waals surface area contributed by atoms with Gasteiger partial charge in [0.05, 0.1) is 35.6 Å². The largest absolute Gasteiger partial charge is 0.456 e. The summed E-state index contributed by atoms with van der Waals surface area (Å²) in [5.41, 5.74) is -6.98. The number of benzene rings is 2. The van der Waals surface area contributed by atoms with Crippen LogP contribution in [0.2, 0.25) is 0 Å². The number of hydrogen-bond acceptors (Lipinski definition) is 13. The van der Waals surface area contributed by atoms with Gasteiger partial charge in [0.15, 0.2) is 11.7 Å². The summed E-state index contributed by atoms with van der Waals surface area (Å²) in [6, 6.07) is 15.0. The van der Waals surface area contributed by atoms with Crippen molar-refractivity contribution in [2.45, 2.75) is 122 Å². The number of rotatable bonds is 8. The number of fused-ring (bicyclic) bond motifs is 5. The molecule has 1 saturated heterocycles. The molecule has 2 aromatic rings. The molecule has 4 unspecified atom stereocenters. The highest BCUT2D eigenvalue weighted by Gasteiger charge is 2.77. The van der Waals surface area contributed by atoms with Crippen LogP contribution in [-0.4, -0.2) is 99.0 Å². The number of ether oxygens (including phenoxy) is 5. The molecule has 0 aromatic heterocycles. The standard InChI is InChI=1S/C43H53NO13/c1-23-28-19-27(54-37(50)32(47)31(25-15-11-9-12-16-25)44-38(51)57-39(3,4)5)21-43(52,40(28,6)7)35(55-36(49)26-17-13-10-14-18-26)33-41(8,34(23)48)29(46)20-30-42(33,22-53-30)56-24(2)45/h9-19,23,27,29-33,35,46-47,52H,20-22H2,1-8H3,(H,44,51)/t23-,27?,29+,30?,31?,32?,33+,35+,41-,42+,43-/m1/s1. The molecular weight excluding hydrogens is 738 g/mol. The fraction of sp³-hybridized carbons (Fsp3) is 0.558. The summed E-state index contributed by atoms with van der Waals surface area (Å²) >= 11 is 0. The molecule has 4 aliphatic rings. The van der Waals surface area contributed by atoms with Gasteiger partial charge in [-0.25, -0.2) is 14.4 Å². The number of nitrogens with one attached hydrogen (secondary N) is 1. The molecule has 11 atom stereocenters. The zero-order valence-electron chi connectivity index (χ0n) is 33.5. The zero-order chi connectivity index (χ0) is 41.9. The van der Waals surface area contributed by atoms with Crippen LogP contribution >= 0.6 is 0 Å². The van der Waals surface area contributed by atoms with E-state index in [1.807, 2.05) is 0 Å². The smallest absolute Gasteiger partial charge is 0.408 e. The SMILES string of the molecule is CC(=O)O[C@@]12COC1C[C@H](O)[C@@]1(C)C(=O)[C@H](C)C3=CC(OC(=O)C(O)C(NC(=O)OC(C)(C)C)c4ccccc4)C[C@@](O)([C@@H](OC(=O)c4ccccc4)[C@@H]12)C3(C)C. The van der Waals surface area contributed by atoms with Crippen LogP contribution in [0.5, 0.6) is 0 Å². The fourth-order valence-corrected chi connectivity index (χ4v) is 9.51. The lowest BCUT2D eigenvalue weighted by Gasteiger charge is -2.67. The van der Waals surface area contributed by atoms with E-state index in [1.54, 1.807) is 96.1 Å². The molecule has 2 saturated carbocycles. The van der Waals surface area contributed by atoms with Crippen molar-refractivity contribution in [2.24, 2.45) is 22.7 Å². The highest BCUT2D eigenvalue weighted by molar-refractivity contribution is 5.92. The third-order valence-corrected chi connectivity index (χ3v) is 12.4. The summed E-state index contributed by atoms with van der Waals surface area (Å²) in [7, 11) is 0. The Morgan fingerprint density at radius 3 is 2.14 bits per heavy atom. The van der Waals surface area contributed by atoms with Crippen LogP contribution in [0.4, 0.5) is 4.79 Å². The van der Waals surface area contributed by atoms with Crippen molar-refractivity contribution in [3.63, 3.8) is 0 Å². The van der Waals surface area contributed by atoms with E-state index in [4.69, 9.17) is 23.7 Å². The third-order valence-electron chi connectivity index (χ3n) is 12.4. The first-order valence-electron chi connectivity index (χ1n) is 19.2. The first-order chi connectivity index (χ1) is 26.6. The van der Waals surface area contributed by atoms with Gasteiger partial charge in [-0.1, -0.05) is 74.9 Å². The molecule has 0 spiro atoms. The number of carbonyl (C=O) groups excluding carboxylic acids is 5. The van der Waals surface area contributed by atoms with Gasteiger partial charge in [0.25, 0.3) is 0 Å². The maximum Gasteiger partial charge on any atom is 0.408 e. The molecule has 0 radical (unpaired) electrons. The maximum atomic E-state index is 15.0. The van der Waals surface area contributed by atoms with Gasteiger partial charge in [-0.15, -0.1) is 0 Å². The van der Waals surface area contributed by atoms with E-state index in [2.05, 4.69) is 5.32 Å². The van der Waals surface area contributed by atoms with Crippen LogP contribution in [0.3, 0.4) is 0 Å². The number of aliphatic hydroxyl groups is 3. The molecule has 4 N–H and O–H groups in total. The Labute approximate surface area is 331 Å². The number of alkyl carbamates (subject to hydrolysis) is 1. The summed E-state index contributed by atoms with van der Waals surface area (Å²) in [5.74, 6) is -5.58. The van der Waals surface area contributed by atoms with Crippen molar-refractivity contribution in [3.05, 3.63) is 83.4 Å². The quantitative estimate of drug-likeness (QED) is 0.169. The Morgan fingerprint density at radius 1 is 0.965 bits per heavy atom. The van der Waals surface area contributed by atoms with Crippen molar-refractivity contribution >= 4 is 29.8 Å². The monoisotopic (exact) mass is 791 g/mol. The van der Waals surface area contributed by atoms with Gasteiger partial charge in [0.2, 0.25) is 0 Å². The van der Waals surface area contributed by atoms with Crippen molar-refractivity contribution in [1.29, 1.82) is 0 Å². The molecule has 308 valence electrons. The van der Waals surface area contributed by atoms with E-state index in [0.717, 1.165) is 0 Å². The lowest BCUT2D eigenvalue weighted by molar-refractivity contribution is -0.345. The fourth-order valence-electron chi connectivity index (χ4n) is 9.51. The Kier molecular flexibility index (Phi) is 11.0. The van der Waals surface area contributed by atoms with E-state index >= 15 is 4.79 Å². The predicted octanol–water partition coefficient (Wildman–Crippen LogP) is 4.14. The van der Waals surface area contributed by atoms with Crippen molar-refractivity contribution in [3.8, 4) is 0 Å². The van der Waals surface area contributed by atoms with Crippen LogP contribution in [0.15, 0.2) is 72.3 Å². The molecule has 2 aromatic carbocycles. The number of aliphatic hydroxyl groups excluding tert-OH is 2. The molecule has 57 heavy (non-hydrogen) atoms. The average molecular weight is 792 g/mol. The summed E-state index contributed by atoms with van der Waals surface area (Å²) in [4.78, 5) is 68.9. The molecule has 1 aliphatic heterocycles. The molecule has 3 aliphatic carbocycles. The van der Waals surface area contributed by atoms with Crippen molar-refractivity contribution in [1.82, 2.24) is 5.32 Å². The van der Waals surface area contributed by atoms with Gasteiger partial charge in [-0.3, -0.25) is 9.59 Å². The number of ketones is 1. The second-order valence-corrected chi connectivity index (χ2v) is 17.5. The minimum absolute atomic E-state index is 0.0724. The average Bonchev–Trinajstić information content (AvgIpc) is 3.14. The first-order valence-corrected chi connectivity index (χ1v) is 19.2. The number of esters is 3. The van der Waals surface area contributed by atoms with Gasteiger partial charge in [-0.05, 0) is 51.5 Å². The summed E-state index contributed by atoms with van der Waals surface area (Å²) in [6.45, 7) is 12.5. The molecule has 3 fully saturated rings. The predicted molar refractivity (Wildman–Crippen MR) is 202 cm³/mol. The van der Waals surface area contributed by atoms with Gasteiger partial charge in [-0.2, -0.15) is 0 Å². The Balaban J connectivity index is 1.46. The van der Waals surface area contributed by atoms with Crippen LogP contribution in [0, 0.1) is 22.7 Å². The molecular formula is C43H53NO13. The molecule has 14 nitrogen and oxygen atoms in total. The van der Waals surface area contributed by atoms with Gasteiger partial charge >= 0.3 is 24.0 Å². The van der Waals surface area contributed by atoms with Gasteiger partial charge < -0.3 is 44.3 Å². The normalized spacial score (nSPS) is 33.9. The number of amides is 1. The minimum atomic E-state index is -2.18. The van der Waals surface area contributed by atoms with Crippen LogP contribution < -0.4 is 5.32 Å². The van der Waals surface area contributed by atoms with Crippen molar-refractivity contribution in [2.75, 3.05) is 6.61 Å². The Hall–Kier alpha value is -4.63. The first kappa shape index (κ1) is 42.0. The van der Waals surface area contributed by atoms with Gasteiger partial charge in [0.1, 0.15) is 35.3 Å². The van der Waals surface area contributed by atoms with Crippen LogP contribution in [0.25, 0.3) is 0 Å². The Morgan fingerprint density at radius 2 is 1.58 bits per heavy atom. The lowest BCUT2D eigenvalue weighted by atomic mass is 9.44. The highest BCUT2D eigenvalue weighted by Crippen LogP contribution is 2.64. The molecule has 14 heteroatoms. The van der Waals surface area contributed by atoms with Crippen LogP contribution in [0.1, 0.15) is 90.2 Å². The van der Waals surface area contributed by atoms with E-state index in [0.29, 0.717) is 11.1 Å². The summed E-state index contributed by atoms with van der Waals surface area (Å²) < 4.78 is 29.6. The second-order valence-electron chi connectivity index (χ2n) is 17.5. The minimum Gasteiger partial charge on any atom is -0.456 e. The third kappa shape index (κ3) is 7.26. The lowest BCUT2D eigenvalue weighted by Crippen LogP contribution is -2.81. The topological polar surface area (TPSA) is 204 Å². The summed E-state index contributed by atoms with van der Waals surface area (Å²) in [5, 5.41) is 39.4. The maximum absolute atomic E-state index is 15.0. The van der Waals surface area contributed by atoms with E-state index in [9.17, 15) is 34.5 Å². The highest BCUT2D eigenvalue weighted by atomic mass is 16.6. The number of hydrogen-bond donors (Lipinski definition) is 4. The van der Waals surface area contributed by atoms with E-state index in [1.165, 1.54) is 26.0 Å². The molecule has 6 rings (SSSR count). The summed E-state index contributed by atoms with van der Waals surface area (Å²) in [6.07, 6.45) is -7.09. The molecule has 2 bridgehead atoms. The Bertz CT molecular complexity index is 1920.